The Morgan fingerprint density at radius 2 is 1.86 bits per heavy atom. The molecule has 0 aromatic heterocycles. The van der Waals surface area contributed by atoms with Crippen molar-refractivity contribution in [3.05, 3.63) is 88.7 Å². The van der Waals surface area contributed by atoms with Crippen molar-refractivity contribution in [2.45, 2.75) is 6.54 Å². The molecule has 0 atom stereocenters. The highest BCUT2D eigenvalue weighted by molar-refractivity contribution is 6.31. The molecule has 3 aromatic rings. The van der Waals surface area contributed by atoms with Crippen molar-refractivity contribution in [2.24, 2.45) is 0 Å². The number of hydrogen-bond donors (Lipinski definition) is 1. The topological polar surface area (TPSA) is 58.6 Å². The quantitative estimate of drug-likeness (QED) is 0.680. The van der Waals surface area contributed by atoms with E-state index in [2.05, 4.69) is 5.32 Å². The molecule has 3 aromatic carbocycles. The van der Waals surface area contributed by atoms with Gasteiger partial charge in [-0.1, -0.05) is 29.8 Å². The predicted octanol–water partition coefficient (Wildman–Crippen LogP) is 4.66. The fourth-order valence-electron chi connectivity index (χ4n) is 3.05. The molecule has 1 N–H and O–H groups in total. The number of carbonyl (C=O) groups is 2. The lowest BCUT2D eigenvalue weighted by Gasteiger charge is -2.30. The summed E-state index contributed by atoms with van der Waals surface area (Å²) < 4.78 is 18.6. The lowest BCUT2D eigenvalue weighted by Crippen LogP contribution is -2.38. The minimum atomic E-state index is -0.416. The zero-order valence-corrected chi connectivity index (χ0v) is 15.9. The van der Waals surface area contributed by atoms with Crippen LogP contribution < -0.4 is 15.0 Å². The maximum absolute atomic E-state index is 13.1. The van der Waals surface area contributed by atoms with Gasteiger partial charge >= 0.3 is 0 Å². The lowest BCUT2D eigenvalue weighted by molar-refractivity contribution is -0.121. The van der Waals surface area contributed by atoms with Gasteiger partial charge in [-0.15, -0.1) is 0 Å². The summed E-state index contributed by atoms with van der Waals surface area (Å²) in [6.45, 7) is 0.211. The van der Waals surface area contributed by atoms with Crippen LogP contribution in [0.15, 0.2) is 66.7 Å². The number of nitrogens with one attached hydrogen (secondary N) is 1. The number of amides is 2. The summed E-state index contributed by atoms with van der Waals surface area (Å²) in [5.74, 6) is -0.470. The Labute approximate surface area is 171 Å². The molecule has 4 rings (SSSR count). The molecule has 29 heavy (non-hydrogen) atoms. The number of halogens is 2. The van der Waals surface area contributed by atoms with Gasteiger partial charge in [-0.05, 0) is 54.1 Å². The Bertz CT molecular complexity index is 1090. The van der Waals surface area contributed by atoms with E-state index in [9.17, 15) is 14.0 Å². The SMILES string of the molecule is O=C(Nc1ccc2c(c1)N(Cc1ccccc1Cl)C(=O)CO2)c1ccc(F)cc1. The van der Waals surface area contributed by atoms with E-state index in [0.717, 1.165) is 5.56 Å². The van der Waals surface area contributed by atoms with Crippen LogP contribution in [0.3, 0.4) is 0 Å². The molecule has 1 heterocycles. The van der Waals surface area contributed by atoms with E-state index in [0.29, 0.717) is 27.7 Å². The Morgan fingerprint density at radius 1 is 1.10 bits per heavy atom. The molecular formula is C22H16ClFN2O3. The first-order valence-corrected chi connectivity index (χ1v) is 9.26. The maximum atomic E-state index is 13.1. The summed E-state index contributed by atoms with van der Waals surface area (Å²) in [7, 11) is 0. The third kappa shape index (κ3) is 4.07. The highest BCUT2D eigenvalue weighted by Crippen LogP contribution is 2.36. The average Bonchev–Trinajstić information content (AvgIpc) is 2.72. The number of benzene rings is 3. The summed E-state index contributed by atoms with van der Waals surface area (Å²) in [5, 5.41) is 3.32. The van der Waals surface area contributed by atoms with Gasteiger partial charge in [0.05, 0.1) is 12.2 Å². The van der Waals surface area contributed by atoms with Crippen molar-refractivity contribution in [3.63, 3.8) is 0 Å². The highest BCUT2D eigenvalue weighted by Gasteiger charge is 2.26. The predicted molar refractivity (Wildman–Crippen MR) is 109 cm³/mol. The number of nitrogens with zero attached hydrogens (tertiary/aromatic N) is 1. The molecule has 0 saturated carbocycles. The van der Waals surface area contributed by atoms with Crippen molar-refractivity contribution in [1.82, 2.24) is 0 Å². The second-order valence-corrected chi connectivity index (χ2v) is 6.91. The van der Waals surface area contributed by atoms with Crippen LogP contribution >= 0.6 is 11.6 Å². The number of ether oxygens (including phenoxy) is 1. The Morgan fingerprint density at radius 3 is 2.62 bits per heavy atom. The minimum Gasteiger partial charge on any atom is -0.482 e. The third-order valence-corrected chi connectivity index (χ3v) is 4.92. The molecule has 0 saturated heterocycles. The van der Waals surface area contributed by atoms with Crippen LogP contribution in [-0.2, 0) is 11.3 Å². The molecule has 0 fully saturated rings. The lowest BCUT2D eigenvalue weighted by atomic mass is 10.1. The molecule has 5 nitrogen and oxygen atoms in total. The van der Waals surface area contributed by atoms with E-state index in [4.69, 9.17) is 16.3 Å². The molecule has 0 spiro atoms. The standard InChI is InChI=1S/C22H16ClFN2O3/c23-18-4-2-1-3-15(18)12-26-19-11-17(9-10-20(19)29-13-21(26)27)25-22(28)14-5-7-16(24)8-6-14/h1-11H,12-13H2,(H,25,28). The summed E-state index contributed by atoms with van der Waals surface area (Å²) in [4.78, 5) is 26.5. The van der Waals surface area contributed by atoms with Crippen LogP contribution in [0.5, 0.6) is 5.75 Å². The number of rotatable bonds is 4. The molecule has 0 radical (unpaired) electrons. The van der Waals surface area contributed by atoms with Crippen LogP contribution in [0.25, 0.3) is 0 Å². The van der Waals surface area contributed by atoms with Crippen LogP contribution in [0.4, 0.5) is 15.8 Å². The number of carbonyl (C=O) groups excluding carboxylic acids is 2. The Balaban J connectivity index is 1.61. The van der Waals surface area contributed by atoms with E-state index >= 15 is 0 Å². The van der Waals surface area contributed by atoms with Crippen molar-refractivity contribution >= 4 is 34.8 Å². The molecule has 146 valence electrons. The van der Waals surface area contributed by atoms with Crippen molar-refractivity contribution < 1.29 is 18.7 Å². The summed E-state index contributed by atoms with van der Waals surface area (Å²) in [6.07, 6.45) is 0. The average molecular weight is 411 g/mol. The first-order chi connectivity index (χ1) is 14.0. The molecule has 0 aliphatic carbocycles. The molecule has 1 aliphatic heterocycles. The van der Waals surface area contributed by atoms with E-state index in [1.807, 2.05) is 18.2 Å². The zero-order chi connectivity index (χ0) is 20.4. The zero-order valence-electron chi connectivity index (χ0n) is 15.2. The summed E-state index contributed by atoms with van der Waals surface area (Å²) >= 11 is 6.24. The van der Waals surface area contributed by atoms with Crippen molar-refractivity contribution in [1.29, 1.82) is 0 Å². The fourth-order valence-corrected chi connectivity index (χ4v) is 3.25. The fraction of sp³-hybridized carbons (Fsp3) is 0.0909. The van der Waals surface area contributed by atoms with E-state index in [1.54, 1.807) is 29.2 Å². The number of anilines is 2. The van der Waals surface area contributed by atoms with E-state index in [1.165, 1.54) is 24.3 Å². The third-order valence-electron chi connectivity index (χ3n) is 4.55. The van der Waals surface area contributed by atoms with Gasteiger partial charge in [-0.25, -0.2) is 4.39 Å². The second kappa shape index (κ2) is 7.93. The van der Waals surface area contributed by atoms with Gasteiger partial charge < -0.3 is 15.0 Å². The Kier molecular flexibility index (Phi) is 5.18. The molecule has 2 amide bonds. The van der Waals surface area contributed by atoms with Gasteiger partial charge in [0.15, 0.2) is 6.61 Å². The smallest absolute Gasteiger partial charge is 0.265 e. The summed E-state index contributed by atoms with van der Waals surface area (Å²) in [5.41, 5.74) is 2.15. The van der Waals surface area contributed by atoms with Crippen LogP contribution in [0.1, 0.15) is 15.9 Å². The minimum absolute atomic E-state index is 0.0707. The Hall–Kier alpha value is -3.38. The van der Waals surface area contributed by atoms with Crippen LogP contribution in [0.2, 0.25) is 5.02 Å². The molecule has 7 heteroatoms. The van der Waals surface area contributed by atoms with Gasteiger partial charge in [0.25, 0.3) is 11.8 Å². The second-order valence-electron chi connectivity index (χ2n) is 6.50. The van der Waals surface area contributed by atoms with E-state index < -0.39 is 5.82 Å². The molecular weight excluding hydrogens is 395 g/mol. The number of fused-ring (bicyclic) bond motifs is 1. The maximum Gasteiger partial charge on any atom is 0.265 e. The van der Waals surface area contributed by atoms with Crippen molar-refractivity contribution in [2.75, 3.05) is 16.8 Å². The van der Waals surface area contributed by atoms with Crippen LogP contribution in [-0.4, -0.2) is 18.4 Å². The highest BCUT2D eigenvalue weighted by atomic mass is 35.5. The van der Waals surface area contributed by atoms with Gasteiger partial charge in [-0.3, -0.25) is 9.59 Å². The number of hydrogen-bond acceptors (Lipinski definition) is 3. The van der Waals surface area contributed by atoms with Crippen molar-refractivity contribution in [3.8, 4) is 5.75 Å². The first kappa shape index (κ1) is 19.0. The van der Waals surface area contributed by atoms with Gasteiger partial charge in [0.2, 0.25) is 0 Å². The normalized spacial score (nSPS) is 12.9. The van der Waals surface area contributed by atoms with E-state index in [-0.39, 0.29) is 25.0 Å². The van der Waals surface area contributed by atoms with Crippen LogP contribution in [0, 0.1) is 5.82 Å². The molecule has 0 bridgehead atoms. The summed E-state index contributed by atoms with van der Waals surface area (Å²) in [6, 6.07) is 17.6. The van der Waals surface area contributed by atoms with Gasteiger partial charge in [0, 0.05) is 16.3 Å². The largest absolute Gasteiger partial charge is 0.482 e. The molecule has 0 unspecified atom stereocenters. The van der Waals surface area contributed by atoms with Gasteiger partial charge in [-0.2, -0.15) is 0 Å². The first-order valence-electron chi connectivity index (χ1n) is 8.89. The van der Waals surface area contributed by atoms with Gasteiger partial charge in [0.1, 0.15) is 11.6 Å². The monoisotopic (exact) mass is 410 g/mol. The molecule has 1 aliphatic rings.